The van der Waals surface area contributed by atoms with Crippen LogP contribution in [-0.4, -0.2) is 69.7 Å². The Balaban J connectivity index is 1.51. The molecule has 1 aliphatic heterocycles. The van der Waals surface area contributed by atoms with Gasteiger partial charge in [0.15, 0.2) is 17.4 Å². The summed E-state index contributed by atoms with van der Waals surface area (Å²) in [5, 5.41) is 0. The first-order valence-electron chi connectivity index (χ1n) is 15.2. The summed E-state index contributed by atoms with van der Waals surface area (Å²) in [7, 11) is -2.38. The van der Waals surface area contributed by atoms with Gasteiger partial charge in [0.1, 0.15) is 18.3 Å². The third kappa shape index (κ3) is 10.8. The molecular formula is C28H50N5O7P. The van der Waals surface area contributed by atoms with Crippen LogP contribution in [0.4, 0.5) is 5.95 Å². The number of nitrogens with one attached hydrogen (secondary N) is 1. The van der Waals surface area contributed by atoms with Crippen molar-refractivity contribution >= 4 is 24.7 Å². The van der Waals surface area contributed by atoms with Crippen LogP contribution >= 0.6 is 7.60 Å². The number of H-pyrrole nitrogens is 1. The molecule has 2 aromatic heterocycles. The topological polar surface area (TPSA) is 164 Å². The molecule has 0 amide bonds. The lowest BCUT2D eigenvalue weighted by Crippen LogP contribution is -2.38. The van der Waals surface area contributed by atoms with Gasteiger partial charge in [0.05, 0.1) is 12.9 Å². The minimum atomic E-state index is -3.89. The smallest absolute Gasteiger partial charge is 0.325 e. The number of hydrogen-bond donors (Lipinski definition) is 3. The van der Waals surface area contributed by atoms with Crippen molar-refractivity contribution in [2.45, 2.75) is 121 Å². The van der Waals surface area contributed by atoms with Crippen LogP contribution in [0.15, 0.2) is 11.1 Å². The number of hydrogen-bond acceptors (Lipinski definition) is 9. The first-order valence-corrected chi connectivity index (χ1v) is 17.2. The number of nitrogens with two attached hydrogens (primary N) is 1. The number of ether oxygens (including phenoxy) is 3. The van der Waals surface area contributed by atoms with Gasteiger partial charge in [-0.15, -0.1) is 0 Å². The number of imidazole rings is 1. The van der Waals surface area contributed by atoms with Crippen LogP contribution in [0.3, 0.4) is 0 Å². The molecule has 0 radical (unpaired) electrons. The highest BCUT2D eigenvalue weighted by molar-refractivity contribution is 7.51. The predicted octanol–water partition coefficient (Wildman–Crippen LogP) is 5.31. The second-order valence-corrected chi connectivity index (χ2v) is 12.9. The van der Waals surface area contributed by atoms with Crippen molar-refractivity contribution in [1.82, 2.24) is 19.5 Å². The van der Waals surface area contributed by atoms with E-state index in [4.69, 9.17) is 24.5 Å². The molecule has 1 fully saturated rings. The van der Waals surface area contributed by atoms with E-state index in [0.29, 0.717) is 6.61 Å². The lowest BCUT2D eigenvalue weighted by Gasteiger charge is -2.26. The Morgan fingerprint density at radius 3 is 2.17 bits per heavy atom. The van der Waals surface area contributed by atoms with Gasteiger partial charge < -0.3 is 24.8 Å². The second-order valence-electron chi connectivity index (χ2n) is 11.1. The molecule has 12 nitrogen and oxygen atoms in total. The molecule has 1 aliphatic rings. The van der Waals surface area contributed by atoms with Crippen LogP contribution in [0.5, 0.6) is 0 Å². The highest BCUT2D eigenvalue weighted by Crippen LogP contribution is 2.45. The van der Waals surface area contributed by atoms with Crippen LogP contribution in [0.1, 0.15) is 103 Å². The molecule has 0 aliphatic carbocycles. The summed E-state index contributed by atoms with van der Waals surface area (Å²) in [5.41, 5.74) is 5.63. The number of rotatable bonds is 21. The summed E-state index contributed by atoms with van der Waals surface area (Å²) >= 11 is 0. The Kier molecular flexibility index (Phi) is 14.2. The SMILES string of the molecule is CCCCCCCCCCCCCCCCO[C@H]1[C@@H](OP(C)(=O)O)[C@@H](COC)O[C@H]1n1cnc2c(=O)[nH]c(N)nc21. The predicted molar refractivity (Wildman–Crippen MR) is 159 cm³/mol. The van der Waals surface area contributed by atoms with Gasteiger partial charge in [0.2, 0.25) is 5.95 Å². The van der Waals surface area contributed by atoms with E-state index in [2.05, 4.69) is 21.9 Å². The molecule has 3 heterocycles. The Morgan fingerprint density at radius 2 is 1.61 bits per heavy atom. The molecule has 13 heteroatoms. The third-order valence-electron chi connectivity index (χ3n) is 7.47. The summed E-state index contributed by atoms with van der Waals surface area (Å²) in [4.78, 5) is 33.2. The van der Waals surface area contributed by atoms with Crippen LogP contribution in [-0.2, 0) is 23.3 Å². The van der Waals surface area contributed by atoms with E-state index in [1.807, 2.05) is 0 Å². The number of unbranched alkanes of at least 4 members (excludes halogenated alkanes) is 13. The Hall–Kier alpha value is -1.82. The van der Waals surface area contributed by atoms with Crippen LogP contribution in [0.25, 0.3) is 11.2 Å². The molecular weight excluding hydrogens is 549 g/mol. The van der Waals surface area contributed by atoms with E-state index in [1.165, 1.54) is 84.1 Å². The van der Waals surface area contributed by atoms with Gasteiger partial charge in [0, 0.05) is 20.4 Å². The second kappa shape index (κ2) is 17.3. The van der Waals surface area contributed by atoms with Gasteiger partial charge in [-0.05, 0) is 6.42 Å². The van der Waals surface area contributed by atoms with Gasteiger partial charge in [-0.3, -0.25) is 23.4 Å². The summed E-state index contributed by atoms with van der Waals surface area (Å²) in [5.74, 6) is -0.0585. The summed E-state index contributed by atoms with van der Waals surface area (Å²) < 4.78 is 37.1. The van der Waals surface area contributed by atoms with Crippen LogP contribution in [0.2, 0.25) is 0 Å². The fourth-order valence-electron chi connectivity index (χ4n) is 5.41. The fraction of sp³-hybridized carbons (Fsp3) is 0.821. The standard InChI is InChI=1S/C28H50N5O7P/c1-4-5-6-7-8-9-10-11-12-13-14-15-16-17-18-38-24-23(40-41(3,35)36)21(19-37-2)39-27(24)33-20-30-22-25(33)31-28(29)32-26(22)34/h20-21,23-24,27H,4-19H2,1-3H3,(H,35,36)(H3,29,31,32,34)/t21-,23+,24+,27-/m1/s1. The maximum atomic E-state index is 12.3. The van der Waals surface area contributed by atoms with Crippen molar-refractivity contribution in [3.05, 3.63) is 16.7 Å². The van der Waals surface area contributed by atoms with Crippen molar-refractivity contribution in [3.63, 3.8) is 0 Å². The third-order valence-corrected chi connectivity index (χ3v) is 8.10. The number of nitrogen functional groups attached to an aromatic ring is 1. The molecule has 1 saturated heterocycles. The fourth-order valence-corrected chi connectivity index (χ4v) is 6.11. The lowest BCUT2D eigenvalue weighted by atomic mass is 10.0. The molecule has 2 aromatic rings. The van der Waals surface area contributed by atoms with E-state index in [9.17, 15) is 14.3 Å². The van der Waals surface area contributed by atoms with Crippen molar-refractivity contribution in [3.8, 4) is 0 Å². The van der Waals surface area contributed by atoms with E-state index < -0.39 is 37.7 Å². The van der Waals surface area contributed by atoms with Gasteiger partial charge in [-0.25, -0.2) is 4.98 Å². The van der Waals surface area contributed by atoms with Gasteiger partial charge >= 0.3 is 7.60 Å². The largest absolute Gasteiger partial charge is 0.382 e. The maximum absolute atomic E-state index is 12.3. The first-order chi connectivity index (χ1) is 19.7. The molecule has 1 unspecified atom stereocenters. The van der Waals surface area contributed by atoms with Crippen LogP contribution in [0, 0.1) is 0 Å². The number of aromatic nitrogens is 4. The summed E-state index contributed by atoms with van der Waals surface area (Å²) in [6, 6.07) is 0. The molecule has 3 rings (SSSR count). The van der Waals surface area contributed by atoms with Crippen molar-refractivity contribution in [1.29, 1.82) is 0 Å². The zero-order chi connectivity index (χ0) is 29.7. The summed E-state index contributed by atoms with van der Waals surface area (Å²) in [6.07, 6.45) is 15.9. The van der Waals surface area contributed by atoms with E-state index >= 15 is 0 Å². The number of fused-ring (bicyclic) bond motifs is 1. The van der Waals surface area contributed by atoms with Gasteiger partial charge in [-0.1, -0.05) is 90.4 Å². The Bertz CT molecular complexity index is 1140. The highest BCUT2D eigenvalue weighted by atomic mass is 31.2. The molecule has 5 atom stereocenters. The Morgan fingerprint density at radius 1 is 1.02 bits per heavy atom. The maximum Gasteiger partial charge on any atom is 0.325 e. The average Bonchev–Trinajstić information content (AvgIpc) is 3.47. The minimum Gasteiger partial charge on any atom is -0.382 e. The van der Waals surface area contributed by atoms with Crippen molar-refractivity contribution < 1.29 is 28.2 Å². The molecule has 41 heavy (non-hydrogen) atoms. The van der Waals surface area contributed by atoms with Crippen LogP contribution < -0.4 is 11.3 Å². The van der Waals surface area contributed by atoms with Crippen molar-refractivity contribution in [2.24, 2.45) is 0 Å². The van der Waals surface area contributed by atoms with E-state index in [1.54, 1.807) is 4.57 Å². The molecule has 0 spiro atoms. The molecule has 0 bridgehead atoms. The van der Waals surface area contributed by atoms with E-state index in [-0.39, 0.29) is 23.7 Å². The Labute approximate surface area is 243 Å². The highest BCUT2D eigenvalue weighted by Gasteiger charge is 2.49. The van der Waals surface area contributed by atoms with Gasteiger partial charge in [0.25, 0.3) is 5.56 Å². The number of anilines is 1. The van der Waals surface area contributed by atoms with Crippen molar-refractivity contribution in [2.75, 3.05) is 32.7 Å². The number of aromatic amines is 1. The summed E-state index contributed by atoms with van der Waals surface area (Å²) in [6.45, 7) is 3.92. The van der Waals surface area contributed by atoms with Gasteiger partial charge in [-0.2, -0.15) is 4.98 Å². The zero-order valence-electron chi connectivity index (χ0n) is 25.0. The normalized spacial score (nSPS) is 22.4. The molecule has 0 saturated carbocycles. The monoisotopic (exact) mass is 599 g/mol. The minimum absolute atomic E-state index is 0.0585. The first kappa shape index (κ1) is 33.7. The van der Waals surface area contributed by atoms with E-state index in [0.717, 1.165) is 25.9 Å². The zero-order valence-corrected chi connectivity index (χ0v) is 25.9. The molecule has 4 N–H and O–H groups in total. The number of methoxy groups -OCH3 is 1. The average molecular weight is 600 g/mol. The quantitative estimate of drug-likeness (QED) is 0.126. The lowest BCUT2D eigenvalue weighted by molar-refractivity contribution is -0.0729. The molecule has 0 aromatic carbocycles. The number of nitrogens with zero attached hydrogens (tertiary/aromatic N) is 3. The molecule has 234 valence electrons.